The Morgan fingerprint density at radius 1 is 1.26 bits per heavy atom. The van der Waals surface area contributed by atoms with Crippen LogP contribution in [-0.2, 0) is 9.53 Å². The van der Waals surface area contributed by atoms with Gasteiger partial charge in [0.25, 0.3) is 0 Å². The van der Waals surface area contributed by atoms with E-state index < -0.39 is 0 Å². The van der Waals surface area contributed by atoms with Gasteiger partial charge in [-0.2, -0.15) is 0 Å². The molecule has 2 aliphatic carbocycles. The summed E-state index contributed by atoms with van der Waals surface area (Å²) >= 11 is 0. The van der Waals surface area contributed by atoms with Gasteiger partial charge in [-0.15, -0.1) is 0 Å². The number of hydrogen-bond acceptors (Lipinski definition) is 3. The molecule has 3 heteroatoms. The smallest absolute Gasteiger partial charge is 0.310 e. The van der Waals surface area contributed by atoms with Crippen molar-refractivity contribution in [3.63, 3.8) is 0 Å². The third kappa shape index (κ3) is 2.75. The lowest BCUT2D eigenvalue weighted by molar-refractivity contribution is -0.146. The van der Waals surface area contributed by atoms with Crippen molar-refractivity contribution in [2.75, 3.05) is 19.6 Å². The number of fused-ring (bicyclic) bond motifs is 2. The topological polar surface area (TPSA) is 29.5 Å². The van der Waals surface area contributed by atoms with Crippen molar-refractivity contribution in [2.45, 2.75) is 64.4 Å². The van der Waals surface area contributed by atoms with Crippen LogP contribution in [0.5, 0.6) is 0 Å². The number of carbonyl (C=O) groups is 1. The molecule has 0 amide bonds. The highest BCUT2D eigenvalue weighted by molar-refractivity contribution is 5.75. The Bertz CT molecular complexity index is 496. The largest absolute Gasteiger partial charge is 0.462 e. The molecule has 0 bridgehead atoms. The molecule has 0 unspecified atom stereocenters. The van der Waals surface area contributed by atoms with E-state index in [9.17, 15) is 4.79 Å². The van der Waals surface area contributed by atoms with E-state index in [1.807, 2.05) is 0 Å². The van der Waals surface area contributed by atoms with Crippen LogP contribution in [0.1, 0.15) is 58.3 Å². The Hall–Kier alpha value is -0.830. The molecule has 3 nitrogen and oxygen atoms in total. The summed E-state index contributed by atoms with van der Waals surface area (Å²) < 4.78 is 5.87. The average Bonchev–Trinajstić information content (AvgIpc) is 2.81. The number of rotatable bonds is 2. The first-order valence-corrected chi connectivity index (χ1v) is 9.67. The summed E-state index contributed by atoms with van der Waals surface area (Å²) in [6.07, 6.45) is 9.99. The number of allylic oxidation sites excluding steroid dienone is 1. The predicted octanol–water partition coefficient (Wildman–Crippen LogP) is 3.79. The lowest BCUT2D eigenvalue weighted by Gasteiger charge is -2.50. The second-order valence-electron chi connectivity index (χ2n) is 8.77. The van der Waals surface area contributed by atoms with E-state index in [2.05, 4.69) is 18.4 Å². The number of nitrogens with zero attached hydrogens (tertiary/aromatic N) is 1. The highest BCUT2D eigenvalue weighted by Crippen LogP contribution is 2.56. The van der Waals surface area contributed by atoms with E-state index >= 15 is 0 Å². The summed E-state index contributed by atoms with van der Waals surface area (Å²) in [7, 11) is 0. The van der Waals surface area contributed by atoms with Crippen LogP contribution in [0.4, 0.5) is 0 Å². The van der Waals surface area contributed by atoms with Crippen molar-refractivity contribution in [1.29, 1.82) is 0 Å². The van der Waals surface area contributed by atoms with Crippen LogP contribution in [0.25, 0.3) is 0 Å². The SMILES string of the molecule is C=C1CCC[C@@]2(C)C[C@H]3OC(=O)[C@H](CN4CCCCC4)[C@H]3C[C@H]12. The molecule has 2 saturated heterocycles. The van der Waals surface area contributed by atoms with E-state index in [0.717, 1.165) is 32.5 Å². The molecule has 0 aromatic carbocycles. The van der Waals surface area contributed by atoms with Gasteiger partial charge >= 0.3 is 5.97 Å². The second kappa shape index (κ2) is 5.91. The molecular formula is C20H31NO2. The fraction of sp³-hybridized carbons (Fsp3) is 0.850. The predicted molar refractivity (Wildman–Crippen MR) is 91.0 cm³/mol. The maximum Gasteiger partial charge on any atom is 0.310 e. The summed E-state index contributed by atoms with van der Waals surface area (Å²) in [5, 5.41) is 0. The molecule has 4 fully saturated rings. The van der Waals surface area contributed by atoms with Crippen molar-refractivity contribution < 1.29 is 9.53 Å². The Balaban J connectivity index is 1.50. The number of ether oxygens (including phenoxy) is 1. The zero-order chi connectivity index (χ0) is 16.0. The van der Waals surface area contributed by atoms with Crippen LogP contribution >= 0.6 is 0 Å². The molecule has 0 N–H and O–H groups in total. The maximum absolute atomic E-state index is 12.5. The van der Waals surface area contributed by atoms with Gasteiger partial charge in [0.2, 0.25) is 0 Å². The van der Waals surface area contributed by atoms with E-state index in [1.54, 1.807) is 0 Å². The Morgan fingerprint density at radius 3 is 2.83 bits per heavy atom. The third-order valence-corrected chi connectivity index (χ3v) is 7.22. The molecule has 23 heavy (non-hydrogen) atoms. The van der Waals surface area contributed by atoms with Crippen LogP contribution < -0.4 is 0 Å². The normalized spacial score (nSPS) is 44.6. The molecule has 2 aliphatic heterocycles. The van der Waals surface area contributed by atoms with Crippen LogP contribution in [0, 0.1) is 23.2 Å². The number of esters is 1. The first-order valence-electron chi connectivity index (χ1n) is 9.67. The summed E-state index contributed by atoms with van der Waals surface area (Å²) in [6.45, 7) is 10.0. The van der Waals surface area contributed by atoms with Gasteiger partial charge in [0.05, 0.1) is 5.92 Å². The van der Waals surface area contributed by atoms with Crippen LogP contribution in [0.2, 0.25) is 0 Å². The molecule has 4 aliphatic rings. The van der Waals surface area contributed by atoms with Gasteiger partial charge in [-0.1, -0.05) is 25.5 Å². The first kappa shape index (κ1) is 15.7. The van der Waals surface area contributed by atoms with Crippen molar-refractivity contribution in [2.24, 2.45) is 23.2 Å². The zero-order valence-corrected chi connectivity index (χ0v) is 14.6. The molecule has 0 spiro atoms. The maximum atomic E-state index is 12.5. The van der Waals surface area contributed by atoms with Crippen molar-refractivity contribution in [1.82, 2.24) is 4.90 Å². The Kier molecular flexibility index (Phi) is 4.03. The van der Waals surface area contributed by atoms with Crippen molar-refractivity contribution >= 4 is 5.97 Å². The monoisotopic (exact) mass is 317 g/mol. The Morgan fingerprint density at radius 2 is 2.04 bits per heavy atom. The van der Waals surface area contributed by atoms with E-state index in [0.29, 0.717) is 17.3 Å². The van der Waals surface area contributed by atoms with Crippen LogP contribution in [0.3, 0.4) is 0 Å². The molecule has 0 radical (unpaired) electrons. The van der Waals surface area contributed by atoms with Crippen molar-refractivity contribution in [3.8, 4) is 0 Å². The van der Waals surface area contributed by atoms with E-state index in [1.165, 1.54) is 44.1 Å². The van der Waals surface area contributed by atoms with Gasteiger partial charge in [0.1, 0.15) is 6.10 Å². The molecule has 5 atom stereocenters. The minimum absolute atomic E-state index is 0.0819. The quantitative estimate of drug-likeness (QED) is 0.573. The Labute approximate surface area is 140 Å². The van der Waals surface area contributed by atoms with Gasteiger partial charge < -0.3 is 9.64 Å². The fourth-order valence-electron chi connectivity index (χ4n) is 5.88. The molecule has 2 saturated carbocycles. The lowest BCUT2D eigenvalue weighted by atomic mass is 9.55. The number of piperidine rings is 1. The number of hydrogen-bond donors (Lipinski definition) is 0. The summed E-state index contributed by atoms with van der Waals surface area (Å²) in [5.41, 5.74) is 1.75. The highest BCUT2D eigenvalue weighted by Gasteiger charge is 2.55. The molecule has 2 heterocycles. The number of carbonyl (C=O) groups excluding carboxylic acids is 1. The third-order valence-electron chi connectivity index (χ3n) is 7.22. The standard InChI is InChI=1S/C20H31NO2/c1-14-7-6-8-20(2)12-18-15(11-17(14)20)16(19(22)23-18)13-21-9-4-3-5-10-21/h15-18H,1,3-13H2,2H3/t15-,16-,17-,18-,20+/m1/s1. The first-order chi connectivity index (χ1) is 11.1. The summed E-state index contributed by atoms with van der Waals surface area (Å²) in [6, 6.07) is 0. The molecule has 128 valence electrons. The minimum atomic E-state index is 0.0819. The lowest BCUT2D eigenvalue weighted by Crippen LogP contribution is -2.46. The second-order valence-corrected chi connectivity index (χ2v) is 8.77. The number of likely N-dealkylation sites (tertiary alicyclic amines) is 1. The summed E-state index contributed by atoms with van der Waals surface area (Å²) in [4.78, 5) is 15.0. The van der Waals surface area contributed by atoms with Crippen LogP contribution in [0.15, 0.2) is 12.2 Å². The van der Waals surface area contributed by atoms with Gasteiger partial charge in [-0.05, 0) is 69.4 Å². The molecule has 0 aromatic heterocycles. The minimum Gasteiger partial charge on any atom is -0.462 e. The van der Waals surface area contributed by atoms with Gasteiger partial charge in [0.15, 0.2) is 0 Å². The average molecular weight is 317 g/mol. The highest BCUT2D eigenvalue weighted by atomic mass is 16.6. The van der Waals surface area contributed by atoms with Crippen LogP contribution in [-0.4, -0.2) is 36.6 Å². The van der Waals surface area contributed by atoms with Gasteiger partial charge in [0, 0.05) is 12.5 Å². The van der Waals surface area contributed by atoms with E-state index in [-0.39, 0.29) is 18.0 Å². The fourth-order valence-corrected chi connectivity index (χ4v) is 5.88. The van der Waals surface area contributed by atoms with E-state index in [4.69, 9.17) is 4.74 Å². The molecule has 4 rings (SSSR count). The molecule has 0 aromatic rings. The molecular weight excluding hydrogens is 286 g/mol. The van der Waals surface area contributed by atoms with Gasteiger partial charge in [-0.3, -0.25) is 4.79 Å². The zero-order valence-electron chi connectivity index (χ0n) is 14.6. The van der Waals surface area contributed by atoms with Crippen molar-refractivity contribution in [3.05, 3.63) is 12.2 Å². The van der Waals surface area contributed by atoms with Gasteiger partial charge in [-0.25, -0.2) is 0 Å². The summed E-state index contributed by atoms with van der Waals surface area (Å²) in [5.74, 6) is 1.23.